The van der Waals surface area contributed by atoms with Crippen LogP contribution < -0.4 is 10.1 Å². The van der Waals surface area contributed by atoms with Crippen LogP contribution in [0.5, 0.6) is 5.75 Å². The summed E-state index contributed by atoms with van der Waals surface area (Å²) in [5.74, 6) is 0.772. The van der Waals surface area contributed by atoms with Crippen LogP contribution in [0, 0.1) is 0 Å². The molecule has 0 spiro atoms. The zero-order valence-corrected chi connectivity index (χ0v) is 12.1. The predicted octanol–water partition coefficient (Wildman–Crippen LogP) is 2.78. The molecule has 1 aromatic carbocycles. The number of rotatable bonds is 5. The van der Waals surface area contributed by atoms with E-state index in [9.17, 15) is 0 Å². The van der Waals surface area contributed by atoms with Crippen LogP contribution in [0.3, 0.4) is 0 Å². The molecule has 0 saturated heterocycles. The molecule has 0 aliphatic rings. The van der Waals surface area contributed by atoms with E-state index in [1.54, 1.807) is 13.3 Å². The summed E-state index contributed by atoms with van der Waals surface area (Å²) in [5, 5.41) is 8.43. The van der Waals surface area contributed by atoms with Crippen molar-refractivity contribution in [1.29, 1.82) is 0 Å². The van der Waals surface area contributed by atoms with Crippen LogP contribution in [-0.2, 0) is 7.05 Å². The number of methoxy groups -OCH3 is 1. The van der Waals surface area contributed by atoms with E-state index in [0.717, 1.165) is 28.6 Å². The third-order valence-corrected chi connectivity index (χ3v) is 3.27. The number of hydrogen-bond donors (Lipinski definition) is 1. The molecule has 1 heterocycles. The maximum Gasteiger partial charge on any atom is 0.161 e. The lowest BCUT2D eigenvalue weighted by Crippen LogP contribution is -2.24. The van der Waals surface area contributed by atoms with Gasteiger partial charge in [0, 0.05) is 12.1 Å². The van der Waals surface area contributed by atoms with Crippen molar-refractivity contribution in [3.63, 3.8) is 0 Å². The average Bonchev–Trinajstić information content (AvgIpc) is 2.77. The Hall–Kier alpha value is -1.52. The van der Waals surface area contributed by atoms with Crippen molar-refractivity contribution in [2.75, 3.05) is 13.7 Å². The van der Waals surface area contributed by atoms with Crippen LogP contribution in [-0.4, -0.2) is 23.4 Å². The Kier molecular flexibility index (Phi) is 4.45. The van der Waals surface area contributed by atoms with Crippen molar-refractivity contribution in [2.45, 2.75) is 13.0 Å². The minimum atomic E-state index is 0.00569. The van der Waals surface area contributed by atoms with Gasteiger partial charge in [-0.15, -0.1) is 0 Å². The summed E-state index contributed by atoms with van der Waals surface area (Å²) in [6, 6.07) is 7.83. The van der Waals surface area contributed by atoms with Crippen molar-refractivity contribution in [1.82, 2.24) is 15.1 Å². The number of benzene rings is 1. The third kappa shape index (κ3) is 2.91. The molecular weight excluding hydrogens is 262 g/mol. The van der Waals surface area contributed by atoms with Gasteiger partial charge in [-0.25, -0.2) is 0 Å². The van der Waals surface area contributed by atoms with E-state index in [-0.39, 0.29) is 6.04 Å². The lowest BCUT2D eigenvalue weighted by atomic mass is 10.0. The summed E-state index contributed by atoms with van der Waals surface area (Å²) >= 11 is 6.08. The number of nitrogens with one attached hydrogen (secondary N) is 1. The fraction of sp³-hybridized carbons (Fsp3) is 0.357. The molecule has 1 unspecified atom stereocenters. The quantitative estimate of drug-likeness (QED) is 0.915. The number of aryl methyl sites for hydroxylation is 1. The molecule has 102 valence electrons. The van der Waals surface area contributed by atoms with Crippen LogP contribution in [0.15, 0.2) is 30.5 Å². The molecule has 4 nitrogen and oxygen atoms in total. The number of ether oxygens (including phenoxy) is 1. The maximum atomic E-state index is 6.08. The molecule has 0 aliphatic heterocycles. The Morgan fingerprint density at radius 2 is 2.26 bits per heavy atom. The molecule has 2 rings (SSSR count). The zero-order chi connectivity index (χ0) is 13.8. The van der Waals surface area contributed by atoms with E-state index in [1.807, 2.05) is 36.0 Å². The summed E-state index contributed by atoms with van der Waals surface area (Å²) in [4.78, 5) is 0. The smallest absolute Gasteiger partial charge is 0.161 e. The first kappa shape index (κ1) is 13.9. The third-order valence-electron chi connectivity index (χ3n) is 3.03. The minimum absolute atomic E-state index is 0.00569. The van der Waals surface area contributed by atoms with Crippen LogP contribution in [0.4, 0.5) is 0 Å². The van der Waals surface area contributed by atoms with Gasteiger partial charge in [0.1, 0.15) is 5.69 Å². The minimum Gasteiger partial charge on any atom is -0.493 e. The van der Waals surface area contributed by atoms with Gasteiger partial charge in [-0.3, -0.25) is 4.68 Å². The van der Waals surface area contributed by atoms with E-state index in [1.165, 1.54) is 0 Å². The molecule has 0 fully saturated rings. The van der Waals surface area contributed by atoms with Crippen molar-refractivity contribution >= 4 is 11.6 Å². The highest BCUT2D eigenvalue weighted by atomic mass is 35.5. The second-order valence-electron chi connectivity index (χ2n) is 4.27. The lowest BCUT2D eigenvalue weighted by molar-refractivity contribution is 0.401. The highest BCUT2D eigenvalue weighted by Crippen LogP contribution is 2.30. The molecule has 0 saturated carbocycles. The standard InChI is InChI=1S/C14H18ClN3O/c1-4-16-13(10-6-5-7-11(15)8-10)14-12(19-3)9-17-18(14)2/h5-9,13,16H,4H2,1-3H3. The van der Waals surface area contributed by atoms with Crippen molar-refractivity contribution < 1.29 is 4.74 Å². The van der Waals surface area contributed by atoms with Crippen molar-refractivity contribution in [2.24, 2.45) is 7.05 Å². The molecule has 1 atom stereocenters. The van der Waals surface area contributed by atoms with Gasteiger partial charge in [0.25, 0.3) is 0 Å². The van der Waals surface area contributed by atoms with Gasteiger partial charge in [-0.05, 0) is 24.2 Å². The van der Waals surface area contributed by atoms with Gasteiger partial charge in [0.15, 0.2) is 5.75 Å². The highest BCUT2D eigenvalue weighted by Gasteiger charge is 2.21. The van der Waals surface area contributed by atoms with Crippen LogP contribution in [0.25, 0.3) is 0 Å². The average molecular weight is 280 g/mol. The van der Waals surface area contributed by atoms with E-state index < -0.39 is 0 Å². The van der Waals surface area contributed by atoms with Gasteiger partial charge in [0.05, 0.1) is 19.3 Å². The molecular formula is C14H18ClN3O. The van der Waals surface area contributed by atoms with Gasteiger partial charge in [-0.1, -0.05) is 30.7 Å². The number of aromatic nitrogens is 2. The summed E-state index contributed by atoms with van der Waals surface area (Å²) in [5.41, 5.74) is 2.09. The molecule has 2 aromatic rings. The molecule has 0 amide bonds. The van der Waals surface area contributed by atoms with Crippen molar-refractivity contribution in [3.8, 4) is 5.75 Å². The van der Waals surface area contributed by atoms with E-state index >= 15 is 0 Å². The van der Waals surface area contributed by atoms with Crippen molar-refractivity contribution in [3.05, 3.63) is 46.7 Å². The monoisotopic (exact) mass is 279 g/mol. The second kappa shape index (κ2) is 6.08. The molecule has 1 N–H and O–H groups in total. The van der Waals surface area contributed by atoms with E-state index in [0.29, 0.717) is 0 Å². The van der Waals surface area contributed by atoms with Crippen LogP contribution >= 0.6 is 11.6 Å². The Bertz CT molecular complexity index is 553. The fourth-order valence-corrected chi connectivity index (χ4v) is 2.37. The Balaban J connectivity index is 2.48. The first-order chi connectivity index (χ1) is 9.17. The second-order valence-corrected chi connectivity index (χ2v) is 4.70. The first-order valence-corrected chi connectivity index (χ1v) is 6.60. The molecule has 0 aliphatic carbocycles. The first-order valence-electron chi connectivity index (χ1n) is 6.22. The highest BCUT2D eigenvalue weighted by molar-refractivity contribution is 6.30. The summed E-state index contributed by atoms with van der Waals surface area (Å²) in [6.07, 6.45) is 1.73. The lowest BCUT2D eigenvalue weighted by Gasteiger charge is -2.20. The molecule has 5 heteroatoms. The number of halogens is 1. The Morgan fingerprint density at radius 3 is 2.89 bits per heavy atom. The summed E-state index contributed by atoms with van der Waals surface area (Å²) in [7, 11) is 3.56. The molecule has 0 radical (unpaired) electrons. The van der Waals surface area contributed by atoms with E-state index in [4.69, 9.17) is 16.3 Å². The Morgan fingerprint density at radius 1 is 1.47 bits per heavy atom. The number of hydrogen-bond acceptors (Lipinski definition) is 3. The predicted molar refractivity (Wildman–Crippen MR) is 76.7 cm³/mol. The fourth-order valence-electron chi connectivity index (χ4n) is 2.18. The molecule has 19 heavy (non-hydrogen) atoms. The Labute approximate surface area is 118 Å². The normalized spacial score (nSPS) is 12.4. The summed E-state index contributed by atoms with van der Waals surface area (Å²) in [6.45, 7) is 2.91. The maximum absolute atomic E-state index is 6.08. The SMILES string of the molecule is CCNC(c1cccc(Cl)c1)c1c(OC)cnn1C. The van der Waals surface area contributed by atoms with Gasteiger partial charge < -0.3 is 10.1 Å². The molecule has 0 bridgehead atoms. The van der Waals surface area contributed by atoms with Crippen LogP contribution in [0.2, 0.25) is 5.02 Å². The summed E-state index contributed by atoms with van der Waals surface area (Å²) < 4.78 is 7.22. The van der Waals surface area contributed by atoms with Gasteiger partial charge in [0.2, 0.25) is 0 Å². The van der Waals surface area contributed by atoms with Gasteiger partial charge >= 0.3 is 0 Å². The largest absolute Gasteiger partial charge is 0.493 e. The zero-order valence-electron chi connectivity index (χ0n) is 11.4. The van der Waals surface area contributed by atoms with E-state index in [2.05, 4.69) is 17.3 Å². The van der Waals surface area contributed by atoms with Gasteiger partial charge in [-0.2, -0.15) is 5.10 Å². The number of nitrogens with zero attached hydrogens (tertiary/aromatic N) is 2. The van der Waals surface area contributed by atoms with Crippen LogP contribution in [0.1, 0.15) is 24.2 Å². The molecule has 1 aromatic heterocycles. The topological polar surface area (TPSA) is 39.1 Å².